The van der Waals surface area contributed by atoms with Gasteiger partial charge in [0.05, 0.1) is 0 Å². The molecule has 0 atom stereocenters. The van der Waals surface area contributed by atoms with Crippen molar-refractivity contribution in [3.05, 3.63) is 69.7 Å². The molecular formula is C20H20Cl2N2O2. The van der Waals surface area contributed by atoms with E-state index in [2.05, 4.69) is 5.32 Å². The summed E-state index contributed by atoms with van der Waals surface area (Å²) in [6.45, 7) is 1.63. The second-order valence-electron chi connectivity index (χ2n) is 6.42. The molecule has 2 amide bonds. The Morgan fingerprint density at radius 1 is 1.00 bits per heavy atom. The van der Waals surface area contributed by atoms with Gasteiger partial charge in [-0.2, -0.15) is 0 Å². The Labute approximate surface area is 163 Å². The summed E-state index contributed by atoms with van der Waals surface area (Å²) >= 11 is 11.8. The molecule has 1 heterocycles. The molecule has 0 saturated carbocycles. The third-order valence-corrected chi connectivity index (χ3v) is 5.09. The number of nitrogens with one attached hydrogen (secondary N) is 1. The Kier molecular flexibility index (Phi) is 6.17. The van der Waals surface area contributed by atoms with Gasteiger partial charge >= 0.3 is 0 Å². The average Bonchev–Trinajstić information content (AvgIpc) is 2.67. The number of rotatable bonds is 4. The third-order valence-electron chi connectivity index (χ3n) is 4.60. The molecule has 0 aliphatic carbocycles. The van der Waals surface area contributed by atoms with E-state index in [1.54, 1.807) is 29.2 Å². The van der Waals surface area contributed by atoms with Crippen LogP contribution in [0.25, 0.3) is 0 Å². The van der Waals surface area contributed by atoms with Crippen molar-refractivity contribution in [3.8, 4) is 0 Å². The molecule has 6 heteroatoms. The number of piperidine rings is 1. The standard InChI is InChI=1S/C20H20Cl2N2O2/c21-17-6-4-14(5-7-17)13-23-19(25)15-8-10-24(11-9-15)20(26)16-2-1-3-18(22)12-16/h1-7,12,15H,8-11,13H2,(H,23,25). The first-order valence-electron chi connectivity index (χ1n) is 8.60. The fourth-order valence-corrected chi connectivity index (χ4v) is 3.40. The highest BCUT2D eigenvalue weighted by Gasteiger charge is 2.27. The highest BCUT2D eigenvalue weighted by Crippen LogP contribution is 2.21. The summed E-state index contributed by atoms with van der Waals surface area (Å²) in [6, 6.07) is 14.4. The predicted octanol–water partition coefficient (Wildman–Crippen LogP) is 4.16. The molecule has 0 bridgehead atoms. The fraction of sp³-hybridized carbons (Fsp3) is 0.300. The number of halogens is 2. The number of benzene rings is 2. The highest BCUT2D eigenvalue weighted by atomic mass is 35.5. The molecule has 4 nitrogen and oxygen atoms in total. The van der Waals surface area contributed by atoms with Crippen LogP contribution in [0.3, 0.4) is 0 Å². The molecular weight excluding hydrogens is 371 g/mol. The van der Waals surface area contributed by atoms with Crippen molar-refractivity contribution < 1.29 is 9.59 Å². The molecule has 0 radical (unpaired) electrons. The van der Waals surface area contributed by atoms with E-state index in [1.807, 2.05) is 24.3 Å². The van der Waals surface area contributed by atoms with Gasteiger partial charge in [0.1, 0.15) is 0 Å². The SMILES string of the molecule is O=C(NCc1ccc(Cl)cc1)C1CCN(C(=O)c2cccc(Cl)c2)CC1. The van der Waals surface area contributed by atoms with Gasteiger partial charge in [-0.15, -0.1) is 0 Å². The minimum absolute atomic E-state index is 0.0347. The summed E-state index contributed by atoms with van der Waals surface area (Å²) < 4.78 is 0. The molecule has 1 saturated heterocycles. The molecule has 1 N–H and O–H groups in total. The van der Waals surface area contributed by atoms with Crippen LogP contribution in [0, 0.1) is 5.92 Å². The maximum atomic E-state index is 12.5. The van der Waals surface area contributed by atoms with E-state index in [0.717, 1.165) is 5.56 Å². The van der Waals surface area contributed by atoms with E-state index in [4.69, 9.17) is 23.2 Å². The van der Waals surface area contributed by atoms with Crippen molar-refractivity contribution >= 4 is 35.0 Å². The number of carbonyl (C=O) groups is 2. The maximum absolute atomic E-state index is 12.5. The topological polar surface area (TPSA) is 49.4 Å². The van der Waals surface area contributed by atoms with Crippen LogP contribution in [0.2, 0.25) is 10.0 Å². The van der Waals surface area contributed by atoms with Crippen LogP contribution in [-0.2, 0) is 11.3 Å². The van der Waals surface area contributed by atoms with Gasteiger partial charge in [-0.25, -0.2) is 0 Å². The molecule has 0 spiro atoms. The Morgan fingerprint density at radius 3 is 2.35 bits per heavy atom. The van der Waals surface area contributed by atoms with Gasteiger partial charge in [0.2, 0.25) is 5.91 Å². The lowest BCUT2D eigenvalue weighted by molar-refractivity contribution is -0.126. The van der Waals surface area contributed by atoms with Crippen molar-refractivity contribution in [2.45, 2.75) is 19.4 Å². The lowest BCUT2D eigenvalue weighted by Crippen LogP contribution is -2.42. The van der Waals surface area contributed by atoms with Crippen LogP contribution < -0.4 is 5.32 Å². The van der Waals surface area contributed by atoms with Crippen LogP contribution in [0.1, 0.15) is 28.8 Å². The molecule has 1 aliphatic rings. The summed E-state index contributed by atoms with van der Waals surface area (Å²) in [5.74, 6) is -0.0620. The lowest BCUT2D eigenvalue weighted by atomic mass is 9.95. The summed E-state index contributed by atoms with van der Waals surface area (Å²) in [7, 11) is 0. The Morgan fingerprint density at radius 2 is 1.69 bits per heavy atom. The van der Waals surface area contributed by atoms with Crippen LogP contribution in [-0.4, -0.2) is 29.8 Å². The normalized spacial score (nSPS) is 14.9. The van der Waals surface area contributed by atoms with Crippen molar-refractivity contribution in [1.29, 1.82) is 0 Å². The predicted molar refractivity (Wildman–Crippen MR) is 103 cm³/mol. The highest BCUT2D eigenvalue weighted by molar-refractivity contribution is 6.31. The van der Waals surface area contributed by atoms with Crippen molar-refractivity contribution in [3.63, 3.8) is 0 Å². The Balaban J connectivity index is 1.49. The minimum atomic E-state index is -0.0642. The molecule has 136 valence electrons. The second kappa shape index (κ2) is 8.56. The van der Waals surface area contributed by atoms with Crippen molar-refractivity contribution in [2.24, 2.45) is 5.92 Å². The monoisotopic (exact) mass is 390 g/mol. The minimum Gasteiger partial charge on any atom is -0.352 e. The lowest BCUT2D eigenvalue weighted by Gasteiger charge is -2.31. The first-order chi connectivity index (χ1) is 12.5. The smallest absolute Gasteiger partial charge is 0.253 e. The maximum Gasteiger partial charge on any atom is 0.253 e. The molecule has 2 aromatic rings. The second-order valence-corrected chi connectivity index (χ2v) is 7.29. The molecule has 26 heavy (non-hydrogen) atoms. The number of amides is 2. The summed E-state index contributed by atoms with van der Waals surface area (Å²) in [4.78, 5) is 26.7. The summed E-state index contributed by atoms with van der Waals surface area (Å²) in [5, 5.41) is 4.19. The van der Waals surface area contributed by atoms with Gasteiger partial charge in [0.15, 0.2) is 0 Å². The molecule has 1 fully saturated rings. The van der Waals surface area contributed by atoms with Crippen LogP contribution in [0.15, 0.2) is 48.5 Å². The Hall–Kier alpha value is -2.04. The van der Waals surface area contributed by atoms with Gasteiger partial charge in [-0.05, 0) is 48.7 Å². The molecule has 0 aromatic heterocycles. The van der Waals surface area contributed by atoms with E-state index in [0.29, 0.717) is 48.1 Å². The number of hydrogen-bond donors (Lipinski definition) is 1. The fourth-order valence-electron chi connectivity index (χ4n) is 3.08. The van der Waals surface area contributed by atoms with Crippen LogP contribution in [0.4, 0.5) is 0 Å². The zero-order valence-corrected chi connectivity index (χ0v) is 15.8. The average molecular weight is 391 g/mol. The van der Waals surface area contributed by atoms with Crippen molar-refractivity contribution in [1.82, 2.24) is 10.2 Å². The van der Waals surface area contributed by atoms with Gasteiger partial charge < -0.3 is 10.2 Å². The van der Waals surface area contributed by atoms with E-state index in [9.17, 15) is 9.59 Å². The van der Waals surface area contributed by atoms with E-state index < -0.39 is 0 Å². The number of nitrogens with zero attached hydrogens (tertiary/aromatic N) is 1. The van der Waals surface area contributed by atoms with Crippen LogP contribution in [0.5, 0.6) is 0 Å². The quantitative estimate of drug-likeness (QED) is 0.851. The van der Waals surface area contributed by atoms with Gasteiger partial charge in [0, 0.05) is 41.2 Å². The van der Waals surface area contributed by atoms with Gasteiger partial charge in [-0.3, -0.25) is 9.59 Å². The number of carbonyl (C=O) groups excluding carboxylic acids is 2. The van der Waals surface area contributed by atoms with Gasteiger partial charge in [-0.1, -0.05) is 41.4 Å². The molecule has 0 unspecified atom stereocenters. The number of likely N-dealkylation sites (tertiary alicyclic amines) is 1. The largest absolute Gasteiger partial charge is 0.352 e. The zero-order valence-electron chi connectivity index (χ0n) is 14.3. The summed E-state index contributed by atoms with van der Waals surface area (Å²) in [6.07, 6.45) is 1.33. The molecule has 1 aliphatic heterocycles. The first-order valence-corrected chi connectivity index (χ1v) is 9.35. The molecule has 3 rings (SSSR count). The summed E-state index contributed by atoms with van der Waals surface area (Å²) in [5.41, 5.74) is 1.60. The van der Waals surface area contributed by atoms with Crippen molar-refractivity contribution in [2.75, 3.05) is 13.1 Å². The molecule has 2 aromatic carbocycles. The Bertz CT molecular complexity index is 785. The number of hydrogen-bond acceptors (Lipinski definition) is 2. The van der Waals surface area contributed by atoms with Crippen LogP contribution >= 0.6 is 23.2 Å². The van der Waals surface area contributed by atoms with E-state index >= 15 is 0 Å². The van der Waals surface area contributed by atoms with E-state index in [1.165, 1.54) is 0 Å². The van der Waals surface area contributed by atoms with E-state index in [-0.39, 0.29) is 17.7 Å². The zero-order chi connectivity index (χ0) is 18.5. The third kappa shape index (κ3) is 4.77. The first kappa shape index (κ1) is 18.7. The van der Waals surface area contributed by atoms with Gasteiger partial charge in [0.25, 0.3) is 5.91 Å².